The average Bonchev–Trinajstić information content (AvgIpc) is 2.12. The van der Waals surface area contributed by atoms with Crippen LogP contribution >= 0.6 is 11.8 Å². The molecule has 0 radical (unpaired) electrons. The number of hydrogen-bond acceptors (Lipinski definition) is 3. The van der Waals surface area contributed by atoms with Crippen molar-refractivity contribution in [2.24, 2.45) is 0 Å². The number of nitrogen functional groups attached to an aromatic ring is 1. The first-order valence-electron chi connectivity index (χ1n) is 2.53. The Morgan fingerprint density at radius 1 is 1.55 bits per heavy atom. The number of hydrogen-bond donors (Lipinski definition) is 2. The quantitative estimate of drug-likeness (QED) is 0.650. The van der Waals surface area contributed by atoms with Gasteiger partial charge < -0.3 is 10.7 Å². The van der Waals surface area contributed by atoms with Crippen molar-refractivity contribution in [1.29, 1.82) is 0 Å². The molecule has 3 nitrogen and oxygen atoms in total. The Labute approximate surface area is 64.2 Å². The van der Waals surface area contributed by atoms with E-state index in [2.05, 4.69) is 9.97 Å². The van der Waals surface area contributed by atoms with Crippen LogP contribution in [-0.4, -0.2) is 15.5 Å². The molecule has 0 unspecified atom stereocenters. The molecule has 62 valence electrons. The molecule has 0 aliphatic heterocycles. The third-order valence-corrected chi connectivity index (χ3v) is 1.59. The van der Waals surface area contributed by atoms with E-state index in [1.54, 1.807) is 0 Å². The van der Waals surface area contributed by atoms with E-state index in [1.165, 1.54) is 0 Å². The van der Waals surface area contributed by atoms with Gasteiger partial charge in [0.05, 0.1) is 6.33 Å². The second kappa shape index (κ2) is 2.65. The first-order valence-corrected chi connectivity index (χ1v) is 3.35. The fourth-order valence-electron chi connectivity index (χ4n) is 0.483. The van der Waals surface area contributed by atoms with Crippen molar-refractivity contribution in [3.8, 4) is 0 Å². The van der Waals surface area contributed by atoms with Gasteiger partial charge in [0.25, 0.3) is 0 Å². The summed E-state index contributed by atoms with van der Waals surface area (Å²) in [7, 11) is 0. The fraction of sp³-hybridized carbons (Fsp3) is 0.250. The van der Waals surface area contributed by atoms with Crippen LogP contribution in [0.5, 0.6) is 0 Å². The largest absolute Gasteiger partial charge is 0.447 e. The van der Waals surface area contributed by atoms with Gasteiger partial charge in [-0.3, -0.25) is 0 Å². The summed E-state index contributed by atoms with van der Waals surface area (Å²) in [6, 6.07) is 0. The maximum atomic E-state index is 11.7. The summed E-state index contributed by atoms with van der Waals surface area (Å²) in [5.74, 6) is -0.0627. The van der Waals surface area contributed by atoms with E-state index >= 15 is 0 Å². The number of aromatic amines is 1. The molecule has 0 aromatic carbocycles. The first kappa shape index (κ1) is 8.25. The van der Waals surface area contributed by atoms with E-state index in [1.807, 2.05) is 0 Å². The van der Waals surface area contributed by atoms with Crippen LogP contribution in [-0.2, 0) is 0 Å². The zero-order valence-electron chi connectivity index (χ0n) is 5.14. The second-order valence-electron chi connectivity index (χ2n) is 1.67. The van der Waals surface area contributed by atoms with E-state index in [4.69, 9.17) is 5.73 Å². The van der Waals surface area contributed by atoms with Crippen LogP contribution in [0.1, 0.15) is 0 Å². The molecule has 0 saturated heterocycles. The van der Waals surface area contributed by atoms with Gasteiger partial charge in [-0.25, -0.2) is 4.98 Å². The van der Waals surface area contributed by atoms with Crippen molar-refractivity contribution in [2.45, 2.75) is 10.5 Å². The lowest BCUT2D eigenvalue weighted by atomic mass is 10.8. The lowest BCUT2D eigenvalue weighted by Crippen LogP contribution is -2.00. The molecule has 11 heavy (non-hydrogen) atoms. The number of H-pyrrole nitrogens is 1. The minimum Gasteiger partial charge on any atom is -0.383 e. The van der Waals surface area contributed by atoms with Gasteiger partial charge in [0, 0.05) is 11.8 Å². The third kappa shape index (κ3) is 2.34. The number of rotatable bonds is 1. The molecule has 0 saturated carbocycles. The van der Waals surface area contributed by atoms with E-state index in [0.717, 1.165) is 6.33 Å². The minimum atomic E-state index is -4.33. The molecule has 0 spiro atoms. The number of anilines is 1. The van der Waals surface area contributed by atoms with Crippen LogP contribution < -0.4 is 5.73 Å². The summed E-state index contributed by atoms with van der Waals surface area (Å²) < 4.78 is 35.0. The Morgan fingerprint density at radius 3 is 2.55 bits per heavy atom. The molecule has 3 N–H and O–H groups in total. The topological polar surface area (TPSA) is 54.7 Å². The van der Waals surface area contributed by atoms with Crippen molar-refractivity contribution >= 4 is 17.6 Å². The maximum Gasteiger partial charge on any atom is 0.447 e. The maximum absolute atomic E-state index is 11.7. The smallest absolute Gasteiger partial charge is 0.383 e. The molecule has 7 heteroatoms. The molecule has 1 heterocycles. The first-order chi connectivity index (χ1) is 4.99. The summed E-state index contributed by atoms with van der Waals surface area (Å²) in [6.45, 7) is 0. The van der Waals surface area contributed by atoms with Crippen LogP contribution in [0, 0.1) is 0 Å². The Balaban J connectivity index is 2.72. The van der Waals surface area contributed by atoms with Crippen molar-refractivity contribution in [1.82, 2.24) is 9.97 Å². The summed E-state index contributed by atoms with van der Waals surface area (Å²) in [5, 5.41) is -0.238. The third-order valence-electron chi connectivity index (χ3n) is 0.845. The molecule has 1 rings (SSSR count). The Morgan fingerprint density at radius 2 is 2.18 bits per heavy atom. The molecule has 0 atom stereocenters. The summed E-state index contributed by atoms with van der Waals surface area (Å²) >= 11 is -0.333. The van der Waals surface area contributed by atoms with Gasteiger partial charge in [-0.1, -0.05) is 0 Å². The predicted octanol–water partition coefficient (Wildman–Crippen LogP) is 1.60. The van der Waals surface area contributed by atoms with E-state index < -0.39 is 5.51 Å². The number of nitrogens with one attached hydrogen (secondary N) is 1. The van der Waals surface area contributed by atoms with Crippen molar-refractivity contribution in [3.63, 3.8) is 0 Å². The normalized spacial score (nSPS) is 11.9. The highest BCUT2D eigenvalue weighted by Crippen LogP contribution is 2.37. The minimum absolute atomic E-state index is 0.0627. The van der Waals surface area contributed by atoms with Gasteiger partial charge in [-0.05, 0) is 0 Å². The van der Waals surface area contributed by atoms with E-state index in [9.17, 15) is 13.2 Å². The van der Waals surface area contributed by atoms with Crippen LogP contribution in [0.4, 0.5) is 19.0 Å². The average molecular weight is 183 g/mol. The van der Waals surface area contributed by atoms with Gasteiger partial charge in [-0.2, -0.15) is 13.2 Å². The Kier molecular flexibility index (Phi) is 1.99. The van der Waals surface area contributed by atoms with Crippen LogP contribution in [0.25, 0.3) is 0 Å². The molecule has 0 aliphatic carbocycles. The zero-order chi connectivity index (χ0) is 8.48. The van der Waals surface area contributed by atoms with Crippen LogP contribution in [0.2, 0.25) is 0 Å². The number of alkyl halides is 3. The lowest BCUT2D eigenvalue weighted by molar-refractivity contribution is -0.0329. The zero-order valence-corrected chi connectivity index (χ0v) is 5.96. The number of nitrogens with zero attached hydrogens (tertiary/aromatic N) is 1. The molecule has 1 aromatic heterocycles. The highest BCUT2D eigenvalue weighted by molar-refractivity contribution is 8.00. The Hall–Kier alpha value is -0.850. The molecule has 0 aliphatic rings. The number of nitrogens with two attached hydrogens (primary N) is 1. The highest BCUT2D eigenvalue weighted by atomic mass is 32.2. The van der Waals surface area contributed by atoms with Gasteiger partial charge in [0.15, 0.2) is 0 Å². The molecule has 0 bridgehead atoms. The Bertz CT molecular complexity index is 243. The molecular weight excluding hydrogens is 179 g/mol. The van der Waals surface area contributed by atoms with Crippen molar-refractivity contribution in [3.05, 3.63) is 6.33 Å². The van der Waals surface area contributed by atoms with Gasteiger partial charge in [0.1, 0.15) is 10.8 Å². The van der Waals surface area contributed by atoms with E-state index in [-0.39, 0.29) is 22.6 Å². The van der Waals surface area contributed by atoms with Gasteiger partial charge >= 0.3 is 5.51 Å². The summed E-state index contributed by atoms with van der Waals surface area (Å²) in [6.07, 6.45) is 1.11. The number of imidazole rings is 1. The van der Waals surface area contributed by atoms with Gasteiger partial charge in [0.2, 0.25) is 0 Å². The van der Waals surface area contributed by atoms with Crippen LogP contribution in [0.15, 0.2) is 11.4 Å². The summed E-state index contributed by atoms with van der Waals surface area (Å²) in [5.41, 5.74) is 0.779. The fourth-order valence-corrected chi connectivity index (χ4v) is 0.976. The molecule has 0 amide bonds. The SMILES string of the molecule is Nc1[nH]cnc1SC(F)(F)F. The predicted molar refractivity (Wildman–Crippen MR) is 34.9 cm³/mol. The van der Waals surface area contributed by atoms with Gasteiger partial charge in [-0.15, -0.1) is 0 Å². The van der Waals surface area contributed by atoms with Crippen molar-refractivity contribution in [2.75, 3.05) is 5.73 Å². The number of aromatic nitrogens is 2. The second-order valence-corrected chi connectivity index (χ2v) is 2.72. The van der Waals surface area contributed by atoms with Crippen molar-refractivity contribution < 1.29 is 13.2 Å². The summed E-state index contributed by atoms with van der Waals surface area (Å²) in [4.78, 5) is 5.70. The molecular formula is C4H4F3N3S. The van der Waals surface area contributed by atoms with E-state index in [0.29, 0.717) is 0 Å². The lowest BCUT2D eigenvalue weighted by Gasteiger charge is -2.01. The molecule has 0 fully saturated rings. The van der Waals surface area contributed by atoms with Crippen LogP contribution in [0.3, 0.4) is 0 Å². The monoisotopic (exact) mass is 183 g/mol. The number of halogens is 3. The molecule has 1 aromatic rings. The standard InChI is InChI=1S/C4H4F3N3S/c5-4(6,7)11-3-2(8)9-1-10-3/h1H,8H2,(H,9,10). The number of thioether (sulfide) groups is 1. The highest BCUT2D eigenvalue weighted by Gasteiger charge is 2.31.